The van der Waals surface area contributed by atoms with Gasteiger partial charge in [0, 0.05) is 23.5 Å². The van der Waals surface area contributed by atoms with Gasteiger partial charge in [-0.1, -0.05) is 30.3 Å². The first kappa shape index (κ1) is 16.0. The van der Waals surface area contributed by atoms with Crippen molar-refractivity contribution in [1.82, 2.24) is 20.2 Å². The third kappa shape index (κ3) is 2.76. The van der Waals surface area contributed by atoms with Crippen molar-refractivity contribution in [2.45, 2.75) is 19.0 Å². The fraction of sp³-hybridized carbons (Fsp3) is 0.150. The summed E-state index contributed by atoms with van der Waals surface area (Å²) in [4.78, 5) is 34.2. The summed E-state index contributed by atoms with van der Waals surface area (Å²) >= 11 is 1.51. The molecule has 3 heterocycles. The fourth-order valence-electron chi connectivity index (χ4n) is 3.51. The summed E-state index contributed by atoms with van der Waals surface area (Å²) in [6, 6.07) is 14.8. The van der Waals surface area contributed by atoms with Crippen LogP contribution >= 0.6 is 11.3 Å². The minimum Gasteiger partial charge on any atom is -0.361 e. The molecule has 0 bridgehead atoms. The third-order valence-corrected chi connectivity index (χ3v) is 5.86. The molecule has 1 fully saturated rings. The maximum Gasteiger partial charge on any atom is 0.325 e. The highest BCUT2D eigenvalue weighted by Crippen LogP contribution is 2.25. The van der Waals surface area contributed by atoms with Gasteiger partial charge in [-0.15, -0.1) is 11.3 Å². The van der Waals surface area contributed by atoms with E-state index in [1.807, 2.05) is 54.7 Å². The van der Waals surface area contributed by atoms with E-state index in [0.717, 1.165) is 31.7 Å². The van der Waals surface area contributed by atoms with E-state index in [0.29, 0.717) is 6.42 Å². The van der Waals surface area contributed by atoms with Crippen molar-refractivity contribution in [2.24, 2.45) is 0 Å². The molecule has 0 radical (unpaired) electrons. The molecule has 3 amide bonds. The van der Waals surface area contributed by atoms with Crippen molar-refractivity contribution >= 4 is 44.4 Å². The van der Waals surface area contributed by atoms with Crippen molar-refractivity contribution in [3.05, 3.63) is 65.3 Å². The van der Waals surface area contributed by atoms with Crippen molar-refractivity contribution < 1.29 is 9.59 Å². The molecule has 7 heteroatoms. The van der Waals surface area contributed by atoms with Crippen LogP contribution < -0.4 is 5.32 Å². The first-order chi connectivity index (χ1) is 13.2. The number of carbonyl (C=O) groups is 2. The van der Waals surface area contributed by atoms with Gasteiger partial charge in [0.1, 0.15) is 11.0 Å². The van der Waals surface area contributed by atoms with E-state index in [4.69, 9.17) is 0 Å². The van der Waals surface area contributed by atoms with Gasteiger partial charge < -0.3 is 10.3 Å². The topological polar surface area (TPSA) is 78.1 Å². The highest BCUT2D eigenvalue weighted by Gasteiger charge is 2.38. The van der Waals surface area contributed by atoms with Crippen molar-refractivity contribution in [1.29, 1.82) is 0 Å². The highest BCUT2D eigenvalue weighted by atomic mass is 32.1. The zero-order valence-electron chi connectivity index (χ0n) is 14.3. The standard InChI is InChI=1S/C20H16N4O2S/c25-19-16(9-12-10-21-14-6-2-1-5-13(12)14)23-20(26)24(19)11-18-22-15-7-3-4-8-17(15)27-18/h1-8,10,16,21H,9,11H2,(H,23,26). The van der Waals surface area contributed by atoms with E-state index in [1.54, 1.807) is 0 Å². The number of benzene rings is 2. The SMILES string of the molecule is O=C1NC(Cc2c[nH]c3ccccc23)C(=O)N1Cc1nc2ccccc2s1. The molecule has 0 saturated carbocycles. The summed E-state index contributed by atoms with van der Waals surface area (Å²) in [5.41, 5.74) is 2.93. The number of hydrogen-bond donors (Lipinski definition) is 2. The number of carbonyl (C=O) groups excluding carboxylic acids is 2. The molecule has 6 nitrogen and oxygen atoms in total. The molecule has 1 atom stereocenters. The maximum absolute atomic E-state index is 12.8. The second-order valence-electron chi connectivity index (χ2n) is 6.57. The monoisotopic (exact) mass is 376 g/mol. The number of nitrogens with one attached hydrogen (secondary N) is 2. The molecule has 4 aromatic rings. The smallest absolute Gasteiger partial charge is 0.325 e. The fourth-order valence-corrected chi connectivity index (χ4v) is 4.46. The van der Waals surface area contributed by atoms with Crippen LogP contribution in [0.5, 0.6) is 0 Å². The number of hydrogen-bond acceptors (Lipinski definition) is 4. The lowest BCUT2D eigenvalue weighted by Gasteiger charge is -2.11. The predicted molar refractivity (Wildman–Crippen MR) is 104 cm³/mol. The summed E-state index contributed by atoms with van der Waals surface area (Å²) in [5, 5.41) is 4.64. The first-order valence-corrected chi connectivity index (χ1v) is 9.52. The van der Waals surface area contributed by atoms with Gasteiger partial charge in [0.25, 0.3) is 5.91 Å². The lowest BCUT2D eigenvalue weighted by molar-refractivity contribution is -0.127. The van der Waals surface area contributed by atoms with E-state index in [9.17, 15) is 9.59 Å². The zero-order chi connectivity index (χ0) is 18.4. The Hall–Kier alpha value is -3.19. The second kappa shape index (κ2) is 6.21. The van der Waals surface area contributed by atoms with Crippen LogP contribution in [0.15, 0.2) is 54.7 Å². The molecule has 1 aliphatic rings. The van der Waals surface area contributed by atoms with E-state index in [-0.39, 0.29) is 18.5 Å². The van der Waals surface area contributed by atoms with Gasteiger partial charge in [-0.2, -0.15) is 0 Å². The molecule has 1 aliphatic heterocycles. The van der Waals surface area contributed by atoms with Crippen molar-refractivity contribution in [3.8, 4) is 0 Å². The quantitative estimate of drug-likeness (QED) is 0.536. The van der Waals surface area contributed by atoms with Gasteiger partial charge in [-0.25, -0.2) is 9.78 Å². The van der Waals surface area contributed by atoms with Gasteiger partial charge in [-0.05, 0) is 23.8 Å². The highest BCUT2D eigenvalue weighted by molar-refractivity contribution is 7.18. The molecule has 5 rings (SSSR count). The van der Waals surface area contributed by atoms with Crippen LogP contribution in [0.2, 0.25) is 0 Å². The largest absolute Gasteiger partial charge is 0.361 e. The molecule has 2 aromatic carbocycles. The number of thiazole rings is 1. The van der Waals surface area contributed by atoms with Gasteiger partial charge >= 0.3 is 6.03 Å². The zero-order valence-corrected chi connectivity index (χ0v) is 15.1. The number of aromatic amines is 1. The van der Waals surface area contributed by atoms with Gasteiger partial charge in [0.15, 0.2) is 0 Å². The average molecular weight is 376 g/mol. The van der Waals surface area contributed by atoms with E-state index in [2.05, 4.69) is 15.3 Å². The average Bonchev–Trinajstić information content (AvgIpc) is 3.35. The summed E-state index contributed by atoms with van der Waals surface area (Å²) in [6.07, 6.45) is 2.37. The molecule has 0 spiro atoms. The number of amides is 3. The summed E-state index contributed by atoms with van der Waals surface area (Å²) in [5.74, 6) is -0.204. The summed E-state index contributed by atoms with van der Waals surface area (Å²) in [6.45, 7) is 0.203. The second-order valence-corrected chi connectivity index (χ2v) is 7.68. The molecular formula is C20H16N4O2S. The van der Waals surface area contributed by atoms with Crippen molar-refractivity contribution in [2.75, 3.05) is 0 Å². The Labute approximate surface area is 158 Å². The van der Waals surface area contributed by atoms with Crippen LogP contribution in [0.4, 0.5) is 4.79 Å². The number of H-pyrrole nitrogens is 1. The lowest BCUT2D eigenvalue weighted by Crippen LogP contribution is -2.32. The molecule has 2 N–H and O–H groups in total. The summed E-state index contributed by atoms with van der Waals surface area (Å²) < 4.78 is 1.05. The lowest BCUT2D eigenvalue weighted by atomic mass is 10.1. The third-order valence-electron chi connectivity index (χ3n) is 4.84. The number of rotatable bonds is 4. The number of aromatic nitrogens is 2. The molecule has 1 saturated heterocycles. The normalized spacial score (nSPS) is 17.2. The number of fused-ring (bicyclic) bond motifs is 2. The summed E-state index contributed by atoms with van der Waals surface area (Å²) in [7, 11) is 0. The maximum atomic E-state index is 12.8. The molecule has 1 unspecified atom stereocenters. The van der Waals surface area contributed by atoms with Crippen molar-refractivity contribution in [3.63, 3.8) is 0 Å². The van der Waals surface area contributed by atoms with Crippen LogP contribution in [0, 0.1) is 0 Å². The molecule has 0 aliphatic carbocycles. The van der Waals surface area contributed by atoms with Crippen LogP contribution in [-0.4, -0.2) is 32.8 Å². The Bertz CT molecular complexity index is 1150. The van der Waals surface area contributed by atoms with Gasteiger partial charge in [0.2, 0.25) is 0 Å². The number of urea groups is 1. The Balaban J connectivity index is 1.36. The Kier molecular flexibility index (Phi) is 3.68. The van der Waals surface area contributed by atoms with Gasteiger partial charge in [-0.3, -0.25) is 9.69 Å². The Morgan fingerprint density at radius 1 is 1.07 bits per heavy atom. The molecule has 27 heavy (non-hydrogen) atoms. The van der Waals surface area contributed by atoms with E-state index >= 15 is 0 Å². The van der Waals surface area contributed by atoms with Crippen LogP contribution in [0.1, 0.15) is 10.6 Å². The van der Waals surface area contributed by atoms with Crippen LogP contribution in [-0.2, 0) is 17.8 Å². The van der Waals surface area contributed by atoms with Crippen LogP contribution in [0.25, 0.3) is 21.1 Å². The predicted octanol–water partition coefficient (Wildman–Crippen LogP) is 3.44. The van der Waals surface area contributed by atoms with E-state index in [1.165, 1.54) is 16.2 Å². The number of imide groups is 1. The van der Waals surface area contributed by atoms with Crippen LogP contribution in [0.3, 0.4) is 0 Å². The minimum atomic E-state index is -0.550. The van der Waals surface area contributed by atoms with E-state index < -0.39 is 6.04 Å². The van der Waals surface area contributed by atoms with Gasteiger partial charge in [0.05, 0.1) is 16.8 Å². The first-order valence-electron chi connectivity index (χ1n) is 8.70. The molecule has 2 aromatic heterocycles. The number of para-hydroxylation sites is 2. The minimum absolute atomic E-state index is 0.203. The number of nitrogens with zero attached hydrogens (tertiary/aromatic N) is 2. The molecule has 134 valence electrons. The molecular weight excluding hydrogens is 360 g/mol. The Morgan fingerprint density at radius 3 is 2.78 bits per heavy atom. The Morgan fingerprint density at radius 2 is 1.89 bits per heavy atom.